The van der Waals surface area contributed by atoms with Gasteiger partial charge >= 0.3 is 0 Å². The van der Waals surface area contributed by atoms with Crippen LogP contribution in [0.2, 0.25) is 0 Å². The van der Waals surface area contributed by atoms with Crippen molar-refractivity contribution in [3.63, 3.8) is 0 Å². The molecule has 0 spiro atoms. The molecule has 0 saturated carbocycles. The van der Waals surface area contributed by atoms with Crippen molar-refractivity contribution in [2.75, 3.05) is 26.3 Å². The fraction of sp³-hybridized carbons (Fsp3) is 0.294. The van der Waals surface area contributed by atoms with Crippen LogP contribution in [-0.4, -0.2) is 43.2 Å². The van der Waals surface area contributed by atoms with Crippen molar-refractivity contribution in [1.82, 2.24) is 10.6 Å². The van der Waals surface area contributed by atoms with Crippen LogP contribution in [0.1, 0.15) is 53.9 Å². The standard InChI is InChI=1S/C34H40N2O5/c1-3-32(38)35-21-7-9-23-40-25-28-11-5-6-12-31(28)34(26-13-17-29(37)18-14-26)27-15-19-30(20-16-27)41-24-10-8-22-36-33(39)4-2/h3-6,11-20,34,37H,1-2,7-10,21-25H2,(H,35,38)(H,36,39). The van der Waals surface area contributed by atoms with E-state index in [0.717, 1.165) is 53.7 Å². The zero-order chi connectivity index (χ0) is 29.3. The van der Waals surface area contributed by atoms with Crippen LogP contribution in [0.25, 0.3) is 0 Å². The van der Waals surface area contributed by atoms with Gasteiger partial charge < -0.3 is 25.2 Å². The van der Waals surface area contributed by atoms with Crippen molar-refractivity contribution in [2.24, 2.45) is 0 Å². The first-order chi connectivity index (χ1) is 20.0. The van der Waals surface area contributed by atoms with Crippen LogP contribution in [0.3, 0.4) is 0 Å². The highest BCUT2D eigenvalue weighted by atomic mass is 16.5. The Morgan fingerprint density at radius 3 is 1.93 bits per heavy atom. The summed E-state index contributed by atoms with van der Waals surface area (Å²) in [5.41, 5.74) is 4.38. The van der Waals surface area contributed by atoms with Crippen molar-refractivity contribution in [3.8, 4) is 11.5 Å². The Kier molecular flexibility index (Phi) is 13.2. The number of hydrogen-bond acceptors (Lipinski definition) is 5. The van der Waals surface area contributed by atoms with Gasteiger partial charge in [0, 0.05) is 25.6 Å². The van der Waals surface area contributed by atoms with E-state index in [-0.39, 0.29) is 23.5 Å². The zero-order valence-electron chi connectivity index (χ0n) is 23.5. The predicted octanol–water partition coefficient (Wildman–Crippen LogP) is 5.63. The Balaban J connectivity index is 1.65. The first-order valence-corrected chi connectivity index (χ1v) is 14.0. The molecule has 7 nitrogen and oxygen atoms in total. The van der Waals surface area contributed by atoms with Gasteiger partial charge in [-0.25, -0.2) is 0 Å². The average Bonchev–Trinajstić information content (AvgIpc) is 3.00. The number of phenolic OH excluding ortho intramolecular Hbond substituents is 1. The van der Waals surface area contributed by atoms with Gasteiger partial charge in [0.05, 0.1) is 13.2 Å². The summed E-state index contributed by atoms with van der Waals surface area (Å²) < 4.78 is 11.9. The largest absolute Gasteiger partial charge is 0.508 e. The Bertz CT molecular complexity index is 1250. The number of unbranched alkanes of at least 4 members (excludes halogenated alkanes) is 2. The third-order valence-electron chi connectivity index (χ3n) is 6.59. The molecule has 3 aromatic rings. The molecule has 3 aromatic carbocycles. The molecular weight excluding hydrogens is 516 g/mol. The van der Waals surface area contributed by atoms with Gasteiger partial charge in [0.15, 0.2) is 0 Å². The SMILES string of the molecule is C=CC(=O)NCCCCOCc1ccccc1C(c1ccc(O)cc1)c1ccc(OCCCCNC(=O)C=C)cc1. The number of benzene rings is 3. The molecule has 0 aromatic heterocycles. The fourth-order valence-electron chi connectivity index (χ4n) is 4.42. The van der Waals surface area contributed by atoms with E-state index in [9.17, 15) is 14.7 Å². The molecule has 3 N–H and O–H groups in total. The number of rotatable bonds is 18. The van der Waals surface area contributed by atoms with E-state index < -0.39 is 0 Å². The van der Waals surface area contributed by atoms with Crippen molar-refractivity contribution in [2.45, 2.75) is 38.2 Å². The maximum absolute atomic E-state index is 11.3. The smallest absolute Gasteiger partial charge is 0.243 e. The van der Waals surface area contributed by atoms with E-state index in [0.29, 0.717) is 32.9 Å². The number of amides is 2. The second-order valence-corrected chi connectivity index (χ2v) is 9.60. The summed E-state index contributed by atoms with van der Waals surface area (Å²) in [6, 6.07) is 23.7. The van der Waals surface area contributed by atoms with Crippen LogP contribution in [0.15, 0.2) is 98.1 Å². The maximum Gasteiger partial charge on any atom is 0.243 e. The Morgan fingerprint density at radius 2 is 1.32 bits per heavy atom. The van der Waals surface area contributed by atoms with Gasteiger partial charge in [-0.1, -0.05) is 61.7 Å². The maximum atomic E-state index is 11.3. The van der Waals surface area contributed by atoms with Gasteiger partial charge in [0.2, 0.25) is 11.8 Å². The summed E-state index contributed by atoms with van der Waals surface area (Å²) in [6.45, 7) is 9.72. The highest BCUT2D eigenvalue weighted by molar-refractivity contribution is 5.87. The summed E-state index contributed by atoms with van der Waals surface area (Å²) in [6.07, 6.45) is 5.86. The Hall–Kier alpha value is -4.36. The number of carbonyl (C=O) groups excluding carboxylic acids is 2. The highest BCUT2D eigenvalue weighted by Crippen LogP contribution is 2.35. The quantitative estimate of drug-likeness (QED) is 0.107. The van der Waals surface area contributed by atoms with Crippen LogP contribution >= 0.6 is 0 Å². The van der Waals surface area contributed by atoms with E-state index in [1.54, 1.807) is 12.1 Å². The normalized spacial score (nSPS) is 11.3. The first kappa shape index (κ1) is 31.2. The van der Waals surface area contributed by atoms with Crippen molar-refractivity contribution >= 4 is 11.8 Å². The predicted molar refractivity (Wildman–Crippen MR) is 162 cm³/mol. The average molecular weight is 557 g/mol. The van der Waals surface area contributed by atoms with Crippen molar-refractivity contribution < 1.29 is 24.2 Å². The van der Waals surface area contributed by atoms with E-state index in [2.05, 4.69) is 48.1 Å². The van der Waals surface area contributed by atoms with E-state index >= 15 is 0 Å². The molecule has 0 bridgehead atoms. The molecule has 0 heterocycles. The fourth-order valence-corrected chi connectivity index (χ4v) is 4.42. The number of carbonyl (C=O) groups is 2. The molecular formula is C34H40N2O5. The summed E-state index contributed by atoms with van der Waals surface area (Å²) in [4.78, 5) is 22.5. The lowest BCUT2D eigenvalue weighted by molar-refractivity contribution is -0.117. The first-order valence-electron chi connectivity index (χ1n) is 14.0. The van der Waals surface area contributed by atoms with Crippen molar-refractivity contribution in [1.29, 1.82) is 0 Å². The van der Waals surface area contributed by atoms with Crippen LogP contribution in [0.5, 0.6) is 11.5 Å². The van der Waals surface area contributed by atoms with Crippen LogP contribution in [0, 0.1) is 0 Å². The minimum absolute atomic E-state index is 0.0629. The van der Waals surface area contributed by atoms with Gasteiger partial charge in [-0.2, -0.15) is 0 Å². The van der Waals surface area contributed by atoms with Crippen molar-refractivity contribution in [3.05, 3.63) is 120 Å². The molecule has 7 heteroatoms. The third-order valence-corrected chi connectivity index (χ3v) is 6.59. The topological polar surface area (TPSA) is 96.9 Å². The monoisotopic (exact) mass is 556 g/mol. The van der Waals surface area contributed by atoms with Gasteiger partial charge in [0.25, 0.3) is 0 Å². The minimum Gasteiger partial charge on any atom is -0.508 e. The van der Waals surface area contributed by atoms with Crippen LogP contribution in [-0.2, 0) is 20.9 Å². The van der Waals surface area contributed by atoms with E-state index in [1.807, 2.05) is 36.4 Å². The lowest BCUT2D eigenvalue weighted by atomic mass is 9.83. The zero-order valence-corrected chi connectivity index (χ0v) is 23.5. The number of aromatic hydroxyl groups is 1. The second kappa shape index (κ2) is 17.4. The number of nitrogens with one attached hydrogen (secondary N) is 2. The molecule has 41 heavy (non-hydrogen) atoms. The summed E-state index contributed by atoms with van der Waals surface area (Å²) in [5.74, 6) is 0.623. The molecule has 1 unspecified atom stereocenters. The Labute approximate surface area is 242 Å². The third kappa shape index (κ3) is 10.6. The van der Waals surface area contributed by atoms with Gasteiger partial charge in [-0.15, -0.1) is 0 Å². The van der Waals surface area contributed by atoms with Crippen LogP contribution < -0.4 is 15.4 Å². The number of ether oxygens (including phenoxy) is 2. The molecule has 216 valence electrons. The minimum atomic E-state index is -0.163. The Morgan fingerprint density at radius 1 is 0.756 bits per heavy atom. The molecule has 0 saturated heterocycles. The van der Waals surface area contributed by atoms with E-state index in [4.69, 9.17) is 9.47 Å². The number of hydrogen-bond donors (Lipinski definition) is 3. The molecule has 0 aliphatic carbocycles. The van der Waals surface area contributed by atoms with Gasteiger partial charge in [-0.3, -0.25) is 9.59 Å². The summed E-state index contributed by atoms with van der Waals surface area (Å²) in [5, 5.41) is 15.5. The lowest BCUT2D eigenvalue weighted by Gasteiger charge is -2.22. The molecule has 0 aliphatic rings. The lowest BCUT2D eigenvalue weighted by Crippen LogP contribution is -2.22. The molecule has 0 aliphatic heterocycles. The van der Waals surface area contributed by atoms with Gasteiger partial charge in [-0.05, 0) is 84.4 Å². The molecule has 2 amide bonds. The molecule has 1 atom stereocenters. The highest BCUT2D eigenvalue weighted by Gasteiger charge is 2.20. The second-order valence-electron chi connectivity index (χ2n) is 9.60. The molecule has 0 fully saturated rings. The molecule has 0 radical (unpaired) electrons. The van der Waals surface area contributed by atoms with E-state index in [1.165, 1.54) is 12.2 Å². The van der Waals surface area contributed by atoms with Gasteiger partial charge in [0.1, 0.15) is 11.5 Å². The summed E-state index contributed by atoms with van der Waals surface area (Å²) >= 11 is 0. The summed E-state index contributed by atoms with van der Waals surface area (Å²) in [7, 11) is 0. The van der Waals surface area contributed by atoms with Crippen LogP contribution in [0.4, 0.5) is 0 Å². The number of phenols is 1. The molecule has 3 rings (SSSR count).